The minimum atomic E-state index is -4.48. The first-order chi connectivity index (χ1) is 9.77. The van der Waals surface area contributed by atoms with Crippen molar-refractivity contribution in [2.75, 3.05) is 0 Å². The summed E-state index contributed by atoms with van der Waals surface area (Å²) in [5, 5.41) is 0. The summed E-state index contributed by atoms with van der Waals surface area (Å²) in [6, 6.07) is 6.44. The third kappa shape index (κ3) is 3.93. The number of aromatic nitrogens is 2. The van der Waals surface area contributed by atoms with E-state index in [0.717, 1.165) is 6.07 Å². The molecule has 112 valence electrons. The van der Waals surface area contributed by atoms with E-state index in [4.69, 9.17) is 4.74 Å². The summed E-state index contributed by atoms with van der Waals surface area (Å²) < 4.78 is 44.5. The Morgan fingerprint density at radius 1 is 1.14 bits per heavy atom. The van der Waals surface area contributed by atoms with E-state index < -0.39 is 11.7 Å². The molecule has 0 bridgehead atoms. The van der Waals surface area contributed by atoms with Crippen molar-refractivity contribution in [3.8, 4) is 11.6 Å². The molecular weight excluding hydrogens is 349 g/mol. The molecule has 0 aliphatic carbocycles. The van der Waals surface area contributed by atoms with Gasteiger partial charge in [-0.15, -0.1) is 0 Å². The number of halogens is 4. The Hall–Kier alpha value is -1.63. The van der Waals surface area contributed by atoms with Gasteiger partial charge in [0.25, 0.3) is 0 Å². The fourth-order valence-corrected chi connectivity index (χ4v) is 2.00. The molecule has 0 fully saturated rings. The van der Waals surface area contributed by atoms with Gasteiger partial charge < -0.3 is 4.74 Å². The van der Waals surface area contributed by atoms with E-state index in [1.165, 1.54) is 24.3 Å². The summed E-state index contributed by atoms with van der Waals surface area (Å²) in [6.07, 6.45) is -4.48. The molecule has 1 aromatic heterocycles. The van der Waals surface area contributed by atoms with Crippen LogP contribution in [0, 0.1) is 0 Å². The van der Waals surface area contributed by atoms with Crippen molar-refractivity contribution in [3.05, 3.63) is 46.3 Å². The highest BCUT2D eigenvalue weighted by molar-refractivity contribution is 9.10. The van der Waals surface area contributed by atoms with Gasteiger partial charge in [0.05, 0.1) is 5.56 Å². The number of rotatable bonds is 3. The fraction of sp³-hybridized carbons (Fsp3) is 0.286. The van der Waals surface area contributed by atoms with Gasteiger partial charge in [0, 0.05) is 12.0 Å². The third-order valence-corrected chi connectivity index (χ3v) is 3.02. The topological polar surface area (TPSA) is 35.0 Å². The van der Waals surface area contributed by atoms with Crippen LogP contribution in [0.4, 0.5) is 13.2 Å². The van der Waals surface area contributed by atoms with E-state index in [-0.39, 0.29) is 17.5 Å². The van der Waals surface area contributed by atoms with Crippen LogP contribution in [0.3, 0.4) is 0 Å². The summed E-state index contributed by atoms with van der Waals surface area (Å²) in [7, 11) is 0. The van der Waals surface area contributed by atoms with E-state index in [1.807, 2.05) is 13.8 Å². The van der Waals surface area contributed by atoms with E-state index in [9.17, 15) is 13.2 Å². The normalized spacial score (nSPS) is 11.8. The van der Waals surface area contributed by atoms with Gasteiger partial charge in [-0.25, -0.2) is 4.98 Å². The lowest BCUT2D eigenvalue weighted by Gasteiger charge is -2.13. The maximum absolute atomic E-state index is 12.9. The molecule has 7 heteroatoms. The van der Waals surface area contributed by atoms with Crippen LogP contribution in [0.25, 0.3) is 0 Å². The van der Waals surface area contributed by atoms with Crippen LogP contribution in [0.5, 0.6) is 11.6 Å². The van der Waals surface area contributed by atoms with Crippen molar-refractivity contribution in [1.82, 2.24) is 9.97 Å². The first kappa shape index (κ1) is 15.8. The van der Waals surface area contributed by atoms with E-state index in [1.54, 1.807) is 0 Å². The Labute approximate surface area is 128 Å². The Bertz CT molecular complexity index is 644. The van der Waals surface area contributed by atoms with Crippen LogP contribution in [0.1, 0.15) is 31.2 Å². The number of benzene rings is 1. The molecule has 1 aromatic carbocycles. The lowest BCUT2D eigenvalue weighted by molar-refractivity contribution is -0.138. The van der Waals surface area contributed by atoms with Crippen LogP contribution in [0.15, 0.2) is 34.9 Å². The molecule has 0 aliphatic rings. The number of hydrogen-bond donors (Lipinski definition) is 0. The van der Waals surface area contributed by atoms with Crippen LogP contribution >= 0.6 is 15.9 Å². The second-order valence-corrected chi connectivity index (χ2v) is 5.45. The molecular formula is C14H12BrF3N2O. The van der Waals surface area contributed by atoms with Crippen molar-refractivity contribution in [2.24, 2.45) is 0 Å². The molecule has 0 aliphatic heterocycles. The summed E-state index contributed by atoms with van der Waals surface area (Å²) in [4.78, 5) is 8.27. The molecule has 0 unspecified atom stereocenters. The van der Waals surface area contributed by atoms with E-state index >= 15 is 0 Å². The van der Waals surface area contributed by atoms with E-state index in [0.29, 0.717) is 10.4 Å². The zero-order chi connectivity index (χ0) is 15.6. The molecule has 0 amide bonds. The molecule has 0 radical (unpaired) electrons. The molecule has 2 rings (SSSR count). The molecule has 0 N–H and O–H groups in total. The van der Waals surface area contributed by atoms with Crippen LogP contribution < -0.4 is 4.74 Å². The maximum atomic E-state index is 12.9. The lowest BCUT2D eigenvalue weighted by atomic mass is 10.2. The number of alkyl halides is 3. The summed E-state index contributed by atoms with van der Waals surface area (Å²) >= 11 is 3.20. The van der Waals surface area contributed by atoms with Gasteiger partial charge in [-0.2, -0.15) is 18.2 Å². The van der Waals surface area contributed by atoms with Gasteiger partial charge in [0.1, 0.15) is 16.2 Å². The summed E-state index contributed by atoms with van der Waals surface area (Å²) in [5.74, 6) is 0.300. The second-order valence-electron chi connectivity index (χ2n) is 4.64. The van der Waals surface area contributed by atoms with Crippen molar-refractivity contribution in [3.63, 3.8) is 0 Å². The standard InChI is InChI=1S/C14H12BrF3N2O/c1-8(2)13-19-11(15)7-12(20-13)21-10-6-4-3-5-9(10)14(16,17)18/h3-8H,1-2H3. The van der Waals surface area contributed by atoms with Gasteiger partial charge in [-0.1, -0.05) is 26.0 Å². The van der Waals surface area contributed by atoms with Crippen molar-refractivity contribution >= 4 is 15.9 Å². The molecule has 0 saturated heterocycles. The predicted molar refractivity (Wildman–Crippen MR) is 75.3 cm³/mol. The highest BCUT2D eigenvalue weighted by Crippen LogP contribution is 2.37. The average Bonchev–Trinajstić information content (AvgIpc) is 2.37. The Balaban J connectivity index is 2.39. The summed E-state index contributed by atoms with van der Waals surface area (Å²) in [6.45, 7) is 3.77. The quantitative estimate of drug-likeness (QED) is 0.708. The number of nitrogens with zero attached hydrogens (tertiary/aromatic N) is 2. The minimum Gasteiger partial charge on any atom is -0.438 e. The van der Waals surface area contributed by atoms with Crippen molar-refractivity contribution < 1.29 is 17.9 Å². The fourth-order valence-electron chi connectivity index (χ4n) is 1.63. The Morgan fingerprint density at radius 2 is 1.81 bits per heavy atom. The van der Waals surface area contributed by atoms with Gasteiger partial charge in [0.2, 0.25) is 5.88 Å². The highest BCUT2D eigenvalue weighted by atomic mass is 79.9. The van der Waals surface area contributed by atoms with Gasteiger partial charge in [-0.3, -0.25) is 0 Å². The predicted octanol–water partition coefficient (Wildman–Crippen LogP) is 5.17. The first-order valence-electron chi connectivity index (χ1n) is 6.16. The molecule has 2 aromatic rings. The molecule has 0 atom stereocenters. The number of ether oxygens (including phenoxy) is 1. The van der Waals surface area contributed by atoms with Gasteiger partial charge in [-0.05, 0) is 28.1 Å². The molecule has 21 heavy (non-hydrogen) atoms. The summed E-state index contributed by atoms with van der Waals surface area (Å²) in [5.41, 5.74) is -0.842. The minimum absolute atomic E-state index is 0.0303. The molecule has 0 spiro atoms. The van der Waals surface area contributed by atoms with Gasteiger partial charge in [0.15, 0.2) is 0 Å². The maximum Gasteiger partial charge on any atom is 0.419 e. The molecule has 3 nitrogen and oxygen atoms in total. The third-order valence-electron chi connectivity index (χ3n) is 2.61. The zero-order valence-corrected chi connectivity index (χ0v) is 12.9. The monoisotopic (exact) mass is 360 g/mol. The number of hydrogen-bond acceptors (Lipinski definition) is 3. The van der Waals surface area contributed by atoms with Crippen LogP contribution in [0.2, 0.25) is 0 Å². The molecule has 1 heterocycles. The smallest absolute Gasteiger partial charge is 0.419 e. The zero-order valence-electron chi connectivity index (χ0n) is 11.3. The van der Waals surface area contributed by atoms with E-state index in [2.05, 4.69) is 25.9 Å². The van der Waals surface area contributed by atoms with Crippen molar-refractivity contribution in [1.29, 1.82) is 0 Å². The lowest BCUT2D eigenvalue weighted by Crippen LogP contribution is -2.07. The average molecular weight is 361 g/mol. The van der Waals surface area contributed by atoms with Crippen LogP contribution in [-0.4, -0.2) is 9.97 Å². The largest absolute Gasteiger partial charge is 0.438 e. The number of para-hydroxylation sites is 1. The Morgan fingerprint density at radius 3 is 2.43 bits per heavy atom. The first-order valence-corrected chi connectivity index (χ1v) is 6.95. The van der Waals surface area contributed by atoms with Crippen LogP contribution in [-0.2, 0) is 6.18 Å². The van der Waals surface area contributed by atoms with Crippen molar-refractivity contribution in [2.45, 2.75) is 25.9 Å². The second kappa shape index (κ2) is 6.01. The molecule has 0 saturated carbocycles. The highest BCUT2D eigenvalue weighted by Gasteiger charge is 2.34. The Kier molecular flexibility index (Phi) is 4.51. The van der Waals surface area contributed by atoms with Gasteiger partial charge >= 0.3 is 6.18 Å². The SMILES string of the molecule is CC(C)c1nc(Br)cc(Oc2ccccc2C(F)(F)F)n1.